The van der Waals surface area contributed by atoms with Gasteiger partial charge in [0.05, 0.1) is 33.5 Å². The zero-order valence-corrected chi connectivity index (χ0v) is 51.5. The van der Waals surface area contributed by atoms with Crippen molar-refractivity contribution in [3.63, 3.8) is 0 Å². The van der Waals surface area contributed by atoms with Gasteiger partial charge < -0.3 is 42.8 Å². The highest BCUT2D eigenvalue weighted by atomic mass is 32.9. The van der Waals surface area contributed by atoms with Crippen LogP contribution in [0.5, 0.6) is 11.5 Å². The molecule has 8 aromatic rings. The SMILES string of the molecule is COc1ccc(C(OC[C@H]2O[C@@H](n3ccc(NC(=O)c4ccccc4)nc3=O)C[C@@H]2OP(=S)(OC[C@H]2O[C@@H](n3cc(C)c(=O)[nH]c3=O)C[C@@H]2OC(C)=O)SCC[Si](C)(c2ccccc2)c2ccccc2)(c2ccccc2)c2ccc(OC)cc2)cc1. The van der Waals surface area contributed by atoms with Crippen LogP contribution >= 0.6 is 17.1 Å². The molecule has 1 unspecified atom stereocenters. The summed E-state index contributed by atoms with van der Waals surface area (Å²) in [5, 5.41) is 5.19. The zero-order valence-electron chi connectivity index (χ0n) is 48.0. The van der Waals surface area contributed by atoms with Crippen LogP contribution in [0, 0.1) is 6.92 Å². The van der Waals surface area contributed by atoms with E-state index in [1.54, 1.807) is 51.5 Å². The van der Waals surface area contributed by atoms with E-state index in [1.165, 1.54) is 56.3 Å². The molecule has 10 rings (SSSR count). The van der Waals surface area contributed by atoms with Gasteiger partial charge in [0, 0.05) is 49.0 Å². The van der Waals surface area contributed by atoms with Gasteiger partial charge in [-0.2, -0.15) is 4.98 Å². The largest absolute Gasteiger partial charge is 0.497 e. The van der Waals surface area contributed by atoms with E-state index in [4.69, 9.17) is 49.3 Å². The number of H-pyrrole nitrogens is 1. The Bertz CT molecular complexity index is 3760. The van der Waals surface area contributed by atoms with Gasteiger partial charge in [0.1, 0.15) is 61.8 Å². The molecule has 86 heavy (non-hydrogen) atoms. The van der Waals surface area contributed by atoms with Crippen LogP contribution in [0.25, 0.3) is 0 Å². The Morgan fingerprint density at radius 1 is 0.721 bits per heavy atom. The van der Waals surface area contributed by atoms with E-state index < -0.39 is 85.1 Å². The number of hydrogen-bond acceptors (Lipinski definition) is 16. The lowest BCUT2D eigenvalue weighted by Crippen LogP contribution is -2.55. The summed E-state index contributed by atoms with van der Waals surface area (Å²) < 4.78 is 54.9. The van der Waals surface area contributed by atoms with Gasteiger partial charge in [-0.25, -0.2) is 9.59 Å². The van der Waals surface area contributed by atoms with Crippen molar-refractivity contribution in [1.29, 1.82) is 0 Å². The third kappa shape index (κ3) is 14.0. The third-order valence-electron chi connectivity index (χ3n) is 15.5. The molecule has 0 saturated carbocycles. The standard InChI is InChI=1S/C64H66N5O13PS2Si/c1-43-40-69(63(74)67-60(43)71)59-38-53(79-44(2)70)56(81-59)42-78-83(84,85-36-37-86(5,51-22-14-8-15-23-51)52-24-16-9-17-25-52)82-54-39-58(68-35-34-57(66-62(68)73)65-61(72)45-18-10-6-11-19-45)80-55(54)41-77-64(46-20-12-7-13-21-46,47-26-30-49(75-3)31-27-47)48-28-32-50(76-4)33-29-48/h6-35,40,53-56,58-59H,36-39,41-42H2,1-5H3,(H,67,71,74)(H,65,66,72,73)/t53-,54-,55+,56+,58+,59+,83?/m0/s1. The van der Waals surface area contributed by atoms with Crippen molar-refractivity contribution in [1.82, 2.24) is 19.1 Å². The Hall–Kier alpha value is -7.56. The van der Waals surface area contributed by atoms with Crippen LogP contribution in [0.3, 0.4) is 0 Å². The highest BCUT2D eigenvalue weighted by Gasteiger charge is 2.47. The number of carbonyl (C=O) groups is 2. The number of benzene rings is 6. The predicted molar refractivity (Wildman–Crippen MR) is 336 cm³/mol. The van der Waals surface area contributed by atoms with E-state index in [-0.39, 0.29) is 37.4 Å². The number of rotatable bonds is 24. The van der Waals surface area contributed by atoms with E-state index >= 15 is 0 Å². The lowest BCUT2D eigenvalue weighted by atomic mass is 9.80. The Kier molecular flexibility index (Phi) is 19.6. The number of amides is 1. The number of carbonyl (C=O) groups excluding carboxylic acids is 2. The van der Waals surface area contributed by atoms with Crippen LogP contribution in [0.2, 0.25) is 12.6 Å². The maximum Gasteiger partial charge on any atom is 0.351 e. The van der Waals surface area contributed by atoms with E-state index in [0.29, 0.717) is 22.8 Å². The molecule has 2 fully saturated rings. The third-order valence-corrected chi connectivity index (χ3v) is 25.6. The summed E-state index contributed by atoms with van der Waals surface area (Å²) >= 11 is 8.08. The molecule has 0 aliphatic carbocycles. The first-order chi connectivity index (χ1) is 41.6. The molecule has 1 amide bonds. The lowest BCUT2D eigenvalue weighted by Gasteiger charge is -2.37. The molecular weight excluding hydrogens is 1170 g/mol. The van der Waals surface area contributed by atoms with E-state index in [9.17, 15) is 24.0 Å². The molecular formula is C64H66N5O13PS2Si. The Morgan fingerprint density at radius 2 is 1.24 bits per heavy atom. The smallest absolute Gasteiger partial charge is 0.351 e. The molecule has 7 atom stereocenters. The van der Waals surface area contributed by atoms with Crippen LogP contribution in [0.4, 0.5) is 5.82 Å². The van der Waals surface area contributed by atoms with E-state index in [2.05, 4.69) is 46.1 Å². The summed E-state index contributed by atoms with van der Waals surface area (Å²) in [6, 6.07) is 56.8. The first kappa shape index (κ1) is 61.5. The van der Waals surface area contributed by atoms with Crippen molar-refractivity contribution in [3.8, 4) is 11.5 Å². The molecule has 0 radical (unpaired) electrons. The number of nitrogens with one attached hydrogen (secondary N) is 2. The molecule has 2 aromatic heterocycles. The van der Waals surface area contributed by atoms with Crippen molar-refractivity contribution in [2.75, 3.05) is 38.5 Å². The highest BCUT2D eigenvalue weighted by Crippen LogP contribution is 2.64. The summed E-state index contributed by atoms with van der Waals surface area (Å²) in [7, 11) is 0.741. The maximum atomic E-state index is 14.2. The number of esters is 1. The van der Waals surface area contributed by atoms with E-state index in [1.807, 2.05) is 115 Å². The molecule has 4 heterocycles. The first-order valence-electron chi connectivity index (χ1n) is 28.0. The average molecular weight is 1240 g/mol. The number of anilines is 1. The zero-order chi connectivity index (χ0) is 60.4. The Balaban J connectivity index is 1.03. The summed E-state index contributed by atoms with van der Waals surface area (Å²) in [6.45, 7) is 4.83. The fraction of sp³-hybridized carbons (Fsp3) is 0.281. The molecule has 446 valence electrons. The van der Waals surface area contributed by atoms with Crippen LogP contribution in [0.1, 0.15) is 64.8 Å². The van der Waals surface area contributed by atoms with Crippen LogP contribution < -0.4 is 42.1 Å². The van der Waals surface area contributed by atoms with Crippen LogP contribution in [-0.2, 0) is 50.2 Å². The minimum absolute atomic E-state index is 0.0447. The molecule has 2 aliphatic rings. The number of aryl methyl sites for hydroxylation is 1. The van der Waals surface area contributed by atoms with Crippen LogP contribution in [-0.4, -0.2) is 96.7 Å². The van der Waals surface area contributed by atoms with Gasteiger partial charge in [-0.3, -0.25) is 28.5 Å². The average Bonchev–Trinajstić information content (AvgIpc) is 1.08. The summed E-state index contributed by atoms with van der Waals surface area (Å²) in [5.74, 6) is 0.800. The molecule has 0 spiro atoms. The fourth-order valence-electron chi connectivity index (χ4n) is 10.9. The van der Waals surface area contributed by atoms with Gasteiger partial charge in [-0.1, -0.05) is 162 Å². The van der Waals surface area contributed by atoms with Crippen molar-refractivity contribution < 1.29 is 47.1 Å². The number of nitrogens with zero attached hydrogens (tertiary/aromatic N) is 3. The Labute approximate surface area is 507 Å². The highest BCUT2D eigenvalue weighted by molar-refractivity contribution is 8.67. The minimum Gasteiger partial charge on any atom is -0.497 e. The molecule has 2 saturated heterocycles. The van der Waals surface area contributed by atoms with Crippen LogP contribution in [0.15, 0.2) is 203 Å². The number of hydrogen-bond donors (Lipinski definition) is 2. The normalized spacial score (nSPS) is 19.3. The summed E-state index contributed by atoms with van der Waals surface area (Å²) in [6.07, 6.45) is -2.58. The second-order valence-corrected chi connectivity index (χ2v) is 31.7. The van der Waals surface area contributed by atoms with Gasteiger partial charge in [-0.15, -0.1) is 0 Å². The number of aromatic amines is 1. The second-order valence-electron chi connectivity index (χ2n) is 21.0. The molecule has 22 heteroatoms. The molecule has 2 aliphatic heterocycles. The topological polar surface area (TPSA) is 210 Å². The van der Waals surface area contributed by atoms with Gasteiger partial charge in [0.2, 0.25) is 5.69 Å². The molecule has 6 aromatic carbocycles. The van der Waals surface area contributed by atoms with Crippen molar-refractivity contribution in [2.45, 2.75) is 81.8 Å². The van der Waals surface area contributed by atoms with Gasteiger partial charge in [0.15, 0.2) is 0 Å². The first-order valence-corrected chi connectivity index (χ1v) is 34.9. The monoisotopic (exact) mass is 1240 g/mol. The van der Waals surface area contributed by atoms with Gasteiger partial charge in [0.25, 0.3) is 11.5 Å². The van der Waals surface area contributed by atoms with Crippen molar-refractivity contribution in [2.24, 2.45) is 0 Å². The predicted octanol–water partition coefficient (Wildman–Crippen LogP) is 9.14. The van der Waals surface area contributed by atoms with Crippen molar-refractivity contribution in [3.05, 3.63) is 247 Å². The fourth-order valence-corrected chi connectivity index (χ4v) is 20.6. The number of methoxy groups -OCH3 is 2. The minimum atomic E-state index is -3.62. The number of aromatic nitrogens is 4. The second kappa shape index (κ2) is 27.4. The lowest BCUT2D eigenvalue weighted by molar-refractivity contribution is -0.150. The maximum absolute atomic E-state index is 14.2. The number of ether oxygens (including phenoxy) is 6. The van der Waals surface area contributed by atoms with Gasteiger partial charge in [-0.05, 0) is 83.9 Å². The summed E-state index contributed by atoms with van der Waals surface area (Å²) in [4.78, 5) is 72.4. The van der Waals surface area contributed by atoms with E-state index in [0.717, 1.165) is 22.7 Å². The summed E-state index contributed by atoms with van der Waals surface area (Å²) in [5.41, 5.74) is -3.85. The van der Waals surface area contributed by atoms with Gasteiger partial charge >= 0.3 is 17.3 Å². The molecule has 2 N–H and O–H groups in total. The Morgan fingerprint density at radius 3 is 1.80 bits per heavy atom. The van der Waals surface area contributed by atoms with Crippen molar-refractivity contribution >= 4 is 65.0 Å². The molecule has 18 nitrogen and oxygen atoms in total. The quantitative estimate of drug-likeness (QED) is 0.0250. The molecule has 0 bridgehead atoms.